The summed E-state index contributed by atoms with van der Waals surface area (Å²) < 4.78 is 13.8. The molecule has 0 atom stereocenters. The Hall–Kier alpha value is -1.40. The number of nitriles is 1. The molecule has 0 spiro atoms. The first kappa shape index (κ1) is 12.1. The largest absolute Gasteiger partial charge is 0.307 e. The van der Waals surface area contributed by atoms with Gasteiger partial charge in [0.2, 0.25) is 0 Å². The van der Waals surface area contributed by atoms with E-state index in [1.54, 1.807) is 12.1 Å². The SMILES string of the molecule is CC1(NCc2cccc(C#N)c2F)CCCC1. The topological polar surface area (TPSA) is 35.8 Å². The fourth-order valence-electron chi connectivity index (χ4n) is 2.44. The Labute approximate surface area is 101 Å². The van der Waals surface area contributed by atoms with Gasteiger partial charge in [-0.15, -0.1) is 0 Å². The monoisotopic (exact) mass is 232 g/mol. The molecule has 0 heterocycles. The van der Waals surface area contributed by atoms with Crippen molar-refractivity contribution < 1.29 is 4.39 Å². The van der Waals surface area contributed by atoms with Gasteiger partial charge in [0, 0.05) is 17.6 Å². The second-order valence-corrected chi connectivity index (χ2v) is 5.01. The van der Waals surface area contributed by atoms with Crippen molar-refractivity contribution in [3.63, 3.8) is 0 Å². The number of benzene rings is 1. The van der Waals surface area contributed by atoms with Crippen LogP contribution in [0, 0.1) is 17.1 Å². The van der Waals surface area contributed by atoms with E-state index in [-0.39, 0.29) is 16.9 Å². The lowest BCUT2D eigenvalue weighted by Crippen LogP contribution is -2.39. The average molecular weight is 232 g/mol. The van der Waals surface area contributed by atoms with Gasteiger partial charge in [0.1, 0.15) is 11.9 Å². The van der Waals surface area contributed by atoms with Crippen LogP contribution >= 0.6 is 0 Å². The van der Waals surface area contributed by atoms with Gasteiger partial charge in [0.15, 0.2) is 0 Å². The number of halogens is 1. The van der Waals surface area contributed by atoms with Gasteiger partial charge in [0.25, 0.3) is 0 Å². The molecule has 0 radical (unpaired) electrons. The molecule has 0 aliphatic heterocycles. The maximum absolute atomic E-state index is 13.8. The number of hydrogen-bond donors (Lipinski definition) is 1. The van der Waals surface area contributed by atoms with Crippen molar-refractivity contribution in [1.29, 1.82) is 5.26 Å². The molecular weight excluding hydrogens is 215 g/mol. The normalized spacial score (nSPS) is 17.9. The van der Waals surface area contributed by atoms with Crippen LogP contribution in [0.5, 0.6) is 0 Å². The van der Waals surface area contributed by atoms with Crippen LogP contribution in [0.2, 0.25) is 0 Å². The molecule has 0 bridgehead atoms. The third-order valence-corrected chi connectivity index (χ3v) is 3.61. The van der Waals surface area contributed by atoms with Gasteiger partial charge < -0.3 is 5.32 Å². The minimum absolute atomic E-state index is 0.126. The molecule has 0 unspecified atom stereocenters. The van der Waals surface area contributed by atoms with Gasteiger partial charge in [-0.3, -0.25) is 0 Å². The summed E-state index contributed by atoms with van der Waals surface area (Å²) in [5.41, 5.74) is 0.841. The highest BCUT2D eigenvalue weighted by Crippen LogP contribution is 2.29. The second kappa shape index (κ2) is 4.85. The van der Waals surface area contributed by atoms with E-state index in [0.717, 1.165) is 12.8 Å². The Morgan fingerprint density at radius 2 is 2.12 bits per heavy atom. The Morgan fingerprint density at radius 3 is 2.76 bits per heavy atom. The Kier molecular flexibility index (Phi) is 3.44. The van der Waals surface area contributed by atoms with Crippen LogP contribution in [0.1, 0.15) is 43.7 Å². The predicted molar refractivity (Wildman–Crippen MR) is 64.8 cm³/mol. The Balaban J connectivity index is 2.07. The van der Waals surface area contributed by atoms with E-state index in [1.165, 1.54) is 18.9 Å². The molecule has 1 aromatic carbocycles. The molecule has 1 saturated carbocycles. The standard InChI is InChI=1S/C14H17FN2/c1-14(7-2-3-8-14)17-10-12-6-4-5-11(9-16)13(12)15/h4-6,17H,2-3,7-8,10H2,1H3. The van der Waals surface area contributed by atoms with Crippen LogP contribution < -0.4 is 5.32 Å². The van der Waals surface area contributed by atoms with Gasteiger partial charge in [-0.25, -0.2) is 4.39 Å². The summed E-state index contributed by atoms with van der Waals surface area (Å²) in [7, 11) is 0. The number of hydrogen-bond acceptors (Lipinski definition) is 2. The molecule has 2 nitrogen and oxygen atoms in total. The third kappa shape index (κ3) is 2.65. The smallest absolute Gasteiger partial charge is 0.145 e. The van der Waals surface area contributed by atoms with E-state index in [2.05, 4.69) is 12.2 Å². The van der Waals surface area contributed by atoms with E-state index in [0.29, 0.717) is 12.1 Å². The molecular formula is C14H17FN2. The third-order valence-electron chi connectivity index (χ3n) is 3.61. The van der Waals surface area contributed by atoms with E-state index in [1.807, 2.05) is 6.07 Å². The minimum atomic E-state index is -0.385. The van der Waals surface area contributed by atoms with Crippen LogP contribution in [0.15, 0.2) is 18.2 Å². The van der Waals surface area contributed by atoms with Crippen molar-refractivity contribution >= 4 is 0 Å². The Bertz CT molecular complexity index is 442. The summed E-state index contributed by atoms with van der Waals surface area (Å²) in [5, 5.41) is 12.2. The summed E-state index contributed by atoms with van der Waals surface area (Å²) in [5.74, 6) is -0.385. The molecule has 1 N–H and O–H groups in total. The van der Waals surface area contributed by atoms with Gasteiger partial charge in [-0.2, -0.15) is 5.26 Å². The molecule has 2 rings (SSSR count). The zero-order valence-corrected chi connectivity index (χ0v) is 10.1. The molecule has 3 heteroatoms. The van der Waals surface area contributed by atoms with Crippen molar-refractivity contribution in [2.75, 3.05) is 0 Å². The lowest BCUT2D eigenvalue weighted by atomic mass is 10.00. The average Bonchev–Trinajstić information content (AvgIpc) is 2.75. The molecule has 1 aliphatic rings. The lowest BCUT2D eigenvalue weighted by Gasteiger charge is -2.25. The zero-order chi connectivity index (χ0) is 12.3. The quantitative estimate of drug-likeness (QED) is 0.869. The van der Waals surface area contributed by atoms with Crippen molar-refractivity contribution in [1.82, 2.24) is 5.32 Å². The van der Waals surface area contributed by atoms with E-state index < -0.39 is 0 Å². The second-order valence-electron chi connectivity index (χ2n) is 5.01. The van der Waals surface area contributed by atoms with Gasteiger partial charge in [0.05, 0.1) is 5.56 Å². The number of nitrogens with one attached hydrogen (secondary N) is 1. The molecule has 1 aliphatic carbocycles. The van der Waals surface area contributed by atoms with Gasteiger partial charge in [-0.1, -0.05) is 25.0 Å². The summed E-state index contributed by atoms with van der Waals surface area (Å²) in [6, 6.07) is 6.85. The summed E-state index contributed by atoms with van der Waals surface area (Å²) in [4.78, 5) is 0. The molecule has 17 heavy (non-hydrogen) atoms. The number of rotatable bonds is 3. The fraction of sp³-hybridized carbons (Fsp3) is 0.500. The molecule has 0 amide bonds. The molecule has 1 aromatic rings. The lowest BCUT2D eigenvalue weighted by molar-refractivity contribution is 0.359. The van der Waals surface area contributed by atoms with Gasteiger partial charge >= 0.3 is 0 Å². The minimum Gasteiger partial charge on any atom is -0.307 e. The Morgan fingerprint density at radius 1 is 1.41 bits per heavy atom. The van der Waals surface area contributed by atoms with Crippen LogP contribution in [0.4, 0.5) is 4.39 Å². The first-order valence-corrected chi connectivity index (χ1v) is 6.07. The highest BCUT2D eigenvalue weighted by molar-refractivity contribution is 5.34. The van der Waals surface area contributed by atoms with E-state index in [9.17, 15) is 4.39 Å². The summed E-state index contributed by atoms with van der Waals surface area (Å²) in [6.07, 6.45) is 4.77. The summed E-state index contributed by atoms with van der Waals surface area (Å²) >= 11 is 0. The van der Waals surface area contributed by atoms with Crippen LogP contribution in [0.25, 0.3) is 0 Å². The number of nitrogens with zero attached hydrogens (tertiary/aromatic N) is 1. The van der Waals surface area contributed by atoms with Crippen molar-refractivity contribution in [3.8, 4) is 6.07 Å². The van der Waals surface area contributed by atoms with E-state index >= 15 is 0 Å². The predicted octanol–water partition coefficient (Wildman–Crippen LogP) is 3.12. The molecule has 0 aromatic heterocycles. The van der Waals surface area contributed by atoms with Crippen molar-refractivity contribution in [3.05, 3.63) is 35.1 Å². The van der Waals surface area contributed by atoms with Crippen LogP contribution in [0.3, 0.4) is 0 Å². The van der Waals surface area contributed by atoms with Crippen molar-refractivity contribution in [2.24, 2.45) is 0 Å². The van der Waals surface area contributed by atoms with Crippen LogP contribution in [-0.2, 0) is 6.54 Å². The zero-order valence-electron chi connectivity index (χ0n) is 10.1. The van der Waals surface area contributed by atoms with Crippen LogP contribution in [-0.4, -0.2) is 5.54 Å². The first-order valence-electron chi connectivity index (χ1n) is 6.07. The highest BCUT2D eigenvalue weighted by Gasteiger charge is 2.27. The first-order chi connectivity index (χ1) is 8.14. The van der Waals surface area contributed by atoms with Gasteiger partial charge in [-0.05, 0) is 25.8 Å². The summed E-state index contributed by atoms with van der Waals surface area (Å²) in [6.45, 7) is 2.68. The highest BCUT2D eigenvalue weighted by atomic mass is 19.1. The maximum Gasteiger partial charge on any atom is 0.145 e. The van der Waals surface area contributed by atoms with Crippen molar-refractivity contribution in [2.45, 2.75) is 44.7 Å². The molecule has 0 saturated heterocycles. The molecule has 90 valence electrons. The fourth-order valence-corrected chi connectivity index (χ4v) is 2.44. The molecule has 1 fully saturated rings. The van der Waals surface area contributed by atoms with E-state index in [4.69, 9.17) is 5.26 Å². The maximum atomic E-state index is 13.8.